The van der Waals surface area contributed by atoms with E-state index in [9.17, 15) is 4.79 Å². The third-order valence-electron chi connectivity index (χ3n) is 3.42. The topological polar surface area (TPSA) is 50.8 Å². The molecule has 2 heterocycles. The first-order valence-electron chi connectivity index (χ1n) is 6.13. The van der Waals surface area contributed by atoms with Gasteiger partial charge in [0.2, 0.25) is 0 Å². The molecule has 0 unspecified atom stereocenters. The average molecular weight is 248 g/mol. The highest BCUT2D eigenvalue weighted by molar-refractivity contribution is 5.95. The standard InChI is InChI=1S/C13H16N2O3/c1-15(10-7-14-8-10)13(16)9-2-3-11-12(6-9)18-5-4-17-11/h2-3,6,10,14H,4-5,7-8H2,1H3. The fraction of sp³-hybridized carbons (Fsp3) is 0.462. The van der Waals surface area contributed by atoms with Gasteiger partial charge in [0.1, 0.15) is 13.2 Å². The summed E-state index contributed by atoms with van der Waals surface area (Å²) < 4.78 is 10.9. The van der Waals surface area contributed by atoms with Gasteiger partial charge in [0.25, 0.3) is 5.91 Å². The summed E-state index contributed by atoms with van der Waals surface area (Å²) in [6, 6.07) is 5.65. The molecule has 0 spiro atoms. The van der Waals surface area contributed by atoms with Crippen LogP contribution in [0.3, 0.4) is 0 Å². The minimum Gasteiger partial charge on any atom is -0.486 e. The van der Waals surface area contributed by atoms with Gasteiger partial charge in [-0.3, -0.25) is 4.79 Å². The maximum atomic E-state index is 12.3. The summed E-state index contributed by atoms with van der Waals surface area (Å²) in [6.45, 7) is 2.83. The summed E-state index contributed by atoms with van der Waals surface area (Å²) in [5.74, 6) is 1.40. The number of rotatable bonds is 2. The average Bonchev–Trinajstić information content (AvgIpc) is 2.35. The molecule has 1 amide bonds. The first-order valence-corrected chi connectivity index (χ1v) is 6.13. The van der Waals surface area contributed by atoms with E-state index in [1.54, 1.807) is 23.1 Å². The van der Waals surface area contributed by atoms with Crippen LogP contribution in [0.4, 0.5) is 0 Å². The van der Waals surface area contributed by atoms with Crippen LogP contribution in [0, 0.1) is 0 Å². The van der Waals surface area contributed by atoms with Crippen molar-refractivity contribution >= 4 is 5.91 Å². The first kappa shape index (κ1) is 11.3. The molecule has 2 aliphatic heterocycles. The van der Waals surface area contributed by atoms with Crippen LogP contribution in [0.15, 0.2) is 18.2 Å². The van der Waals surface area contributed by atoms with Crippen molar-refractivity contribution in [3.63, 3.8) is 0 Å². The van der Waals surface area contributed by atoms with Gasteiger partial charge in [0.15, 0.2) is 11.5 Å². The second-order valence-electron chi connectivity index (χ2n) is 4.59. The molecule has 1 saturated heterocycles. The lowest BCUT2D eigenvalue weighted by Gasteiger charge is -2.35. The molecule has 0 saturated carbocycles. The van der Waals surface area contributed by atoms with E-state index in [1.165, 1.54) is 0 Å². The van der Waals surface area contributed by atoms with Gasteiger partial charge in [-0.05, 0) is 18.2 Å². The third-order valence-corrected chi connectivity index (χ3v) is 3.42. The molecule has 0 aliphatic carbocycles. The number of hydrogen-bond donors (Lipinski definition) is 1. The Bertz CT molecular complexity index is 471. The minimum atomic E-state index is 0.0264. The molecule has 96 valence electrons. The molecular weight excluding hydrogens is 232 g/mol. The number of amides is 1. The fourth-order valence-electron chi connectivity index (χ4n) is 2.09. The van der Waals surface area contributed by atoms with Crippen LogP contribution in [-0.2, 0) is 0 Å². The molecule has 1 aromatic rings. The SMILES string of the molecule is CN(C(=O)c1ccc2c(c1)OCCO2)C1CNC1. The van der Waals surface area contributed by atoms with Gasteiger partial charge >= 0.3 is 0 Å². The van der Waals surface area contributed by atoms with Gasteiger partial charge in [0.05, 0.1) is 6.04 Å². The number of carbonyl (C=O) groups excluding carboxylic acids is 1. The molecule has 2 aliphatic rings. The van der Waals surface area contributed by atoms with E-state index in [0.29, 0.717) is 36.3 Å². The fourth-order valence-corrected chi connectivity index (χ4v) is 2.09. The summed E-state index contributed by atoms with van der Waals surface area (Å²) in [7, 11) is 1.84. The predicted molar refractivity (Wildman–Crippen MR) is 66.2 cm³/mol. The van der Waals surface area contributed by atoms with Gasteiger partial charge in [-0.25, -0.2) is 0 Å². The van der Waals surface area contributed by atoms with E-state index in [4.69, 9.17) is 9.47 Å². The summed E-state index contributed by atoms with van der Waals surface area (Å²) in [5, 5.41) is 3.16. The summed E-state index contributed by atoms with van der Waals surface area (Å²) in [5.41, 5.74) is 0.647. The van der Waals surface area contributed by atoms with E-state index in [0.717, 1.165) is 13.1 Å². The number of ether oxygens (including phenoxy) is 2. The molecule has 0 atom stereocenters. The Morgan fingerprint density at radius 3 is 2.67 bits per heavy atom. The molecule has 3 rings (SSSR count). The molecule has 1 fully saturated rings. The van der Waals surface area contributed by atoms with Crippen LogP contribution < -0.4 is 14.8 Å². The van der Waals surface area contributed by atoms with Crippen LogP contribution in [0.25, 0.3) is 0 Å². The van der Waals surface area contributed by atoms with Crippen LogP contribution in [-0.4, -0.2) is 50.2 Å². The van der Waals surface area contributed by atoms with Crippen molar-refractivity contribution in [1.82, 2.24) is 10.2 Å². The highest BCUT2D eigenvalue weighted by atomic mass is 16.6. The second-order valence-corrected chi connectivity index (χ2v) is 4.59. The zero-order valence-electron chi connectivity index (χ0n) is 10.3. The van der Waals surface area contributed by atoms with Gasteiger partial charge in [0, 0.05) is 25.7 Å². The maximum Gasteiger partial charge on any atom is 0.254 e. The monoisotopic (exact) mass is 248 g/mol. The Labute approximate surface area is 106 Å². The smallest absolute Gasteiger partial charge is 0.254 e. The van der Waals surface area contributed by atoms with Crippen LogP contribution in [0.2, 0.25) is 0 Å². The van der Waals surface area contributed by atoms with Crippen molar-refractivity contribution in [1.29, 1.82) is 0 Å². The molecule has 5 heteroatoms. The molecular formula is C13H16N2O3. The Morgan fingerprint density at radius 2 is 2.00 bits per heavy atom. The van der Waals surface area contributed by atoms with Crippen LogP contribution >= 0.6 is 0 Å². The van der Waals surface area contributed by atoms with Crippen molar-refractivity contribution in [2.24, 2.45) is 0 Å². The van der Waals surface area contributed by atoms with Gasteiger partial charge in [-0.15, -0.1) is 0 Å². The van der Waals surface area contributed by atoms with Crippen molar-refractivity contribution in [2.45, 2.75) is 6.04 Å². The van der Waals surface area contributed by atoms with Crippen LogP contribution in [0.5, 0.6) is 11.5 Å². The van der Waals surface area contributed by atoms with Gasteiger partial charge in [-0.1, -0.05) is 0 Å². The Balaban J connectivity index is 1.80. The zero-order chi connectivity index (χ0) is 12.5. The Kier molecular flexibility index (Phi) is 2.83. The normalized spacial score (nSPS) is 18.1. The van der Waals surface area contributed by atoms with Gasteiger partial charge in [-0.2, -0.15) is 0 Å². The molecule has 1 N–H and O–H groups in total. The highest BCUT2D eigenvalue weighted by Crippen LogP contribution is 2.31. The number of benzene rings is 1. The first-order chi connectivity index (χ1) is 8.75. The molecule has 0 aromatic heterocycles. The summed E-state index contributed by atoms with van der Waals surface area (Å²) >= 11 is 0. The third kappa shape index (κ3) is 1.90. The largest absolute Gasteiger partial charge is 0.486 e. The quantitative estimate of drug-likeness (QED) is 0.828. The van der Waals surface area contributed by atoms with Crippen molar-refractivity contribution < 1.29 is 14.3 Å². The van der Waals surface area contributed by atoms with E-state index in [1.807, 2.05) is 7.05 Å². The summed E-state index contributed by atoms with van der Waals surface area (Å²) in [4.78, 5) is 14.0. The second kappa shape index (κ2) is 4.49. The van der Waals surface area contributed by atoms with Crippen molar-refractivity contribution in [3.8, 4) is 11.5 Å². The zero-order valence-corrected chi connectivity index (χ0v) is 10.3. The number of nitrogens with one attached hydrogen (secondary N) is 1. The molecule has 18 heavy (non-hydrogen) atoms. The van der Waals surface area contributed by atoms with Crippen molar-refractivity contribution in [2.75, 3.05) is 33.4 Å². The number of likely N-dealkylation sites (N-methyl/N-ethyl adjacent to an activating group) is 1. The predicted octanol–water partition coefficient (Wildman–Crippen LogP) is 0.502. The van der Waals surface area contributed by atoms with Crippen molar-refractivity contribution in [3.05, 3.63) is 23.8 Å². The summed E-state index contributed by atoms with van der Waals surface area (Å²) in [6.07, 6.45) is 0. The highest BCUT2D eigenvalue weighted by Gasteiger charge is 2.26. The Hall–Kier alpha value is -1.75. The number of carbonyl (C=O) groups is 1. The minimum absolute atomic E-state index is 0.0264. The number of hydrogen-bond acceptors (Lipinski definition) is 4. The number of fused-ring (bicyclic) bond motifs is 1. The van der Waals surface area contributed by atoms with Gasteiger partial charge < -0.3 is 19.7 Å². The Morgan fingerprint density at radius 1 is 1.28 bits per heavy atom. The molecule has 0 bridgehead atoms. The lowest BCUT2D eigenvalue weighted by atomic mass is 10.1. The lowest BCUT2D eigenvalue weighted by molar-refractivity contribution is 0.0680. The number of nitrogens with zero attached hydrogens (tertiary/aromatic N) is 1. The van der Waals surface area contributed by atoms with Crippen LogP contribution in [0.1, 0.15) is 10.4 Å². The maximum absolute atomic E-state index is 12.3. The lowest BCUT2D eigenvalue weighted by Crippen LogP contribution is -2.57. The van der Waals surface area contributed by atoms with E-state index in [-0.39, 0.29) is 5.91 Å². The van der Waals surface area contributed by atoms with E-state index < -0.39 is 0 Å². The van der Waals surface area contributed by atoms with E-state index >= 15 is 0 Å². The molecule has 1 aromatic carbocycles. The van der Waals surface area contributed by atoms with E-state index in [2.05, 4.69) is 5.32 Å². The molecule has 5 nitrogen and oxygen atoms in total. The molecule has 0 radical (unpaired) electrons.